The molecule has 1 aliphatic heterocycles. The van der Waals surface area contributed by atoms with E-state index >= 15 is 0 Å². The van der Waals surface area contributed by atoms with Crippen LogP contribution in [0.1, 0.15) is 37.3 Å². The van der Waals surface area contributed by atoms with Gasteiger partial charge < -0.3 is 10.2 Å². The van der Waals surface area contributed by atoms with Crippen LogP contribution in [0.5, 0.6) is 0 Å². The lowest BCUT2D eigenvalue weighted by atomic mass is 9.87. The summed E-state index contributed by atoms with van der Waals surface area (Å²) in [5.41, 5.74) is 2.32. The van der Waals surface area contributed by atoms with E-state index in [9.17, 15) is 13.6 Å². The molecule has 6 heteroatoms. The number of thioether (sulfide) groups is 1. The number of carbonyl (C=O) groups excluding carboxylic acids is 1. The number of carbonyl (C=O) groups is 1. The molecule has 26 heavy (non-hydrogen) atoms. The Labute approximate surface area is 156 Å². The first-order valence-corrected chi connectivity index (χ1v) is 9.55. The van der Waals surface area contributed by atoms with E-state index in [1.54, 1.807) is 16.7 Å². The van der Waals surface area contributed by atoms with E-state index in [0.29, 0.717) is 6.54 Å². The Kier molecular flexibility index (Phi) is 5.23. The number of hydrogen-bond acceptors (Lipinski definition) is 2. The van der Waals surface area contributed by atoms with Gasteiger partial charge in [0.25, 0.3) is 0 Å². The summed E-state index contributed by atoms with van der Waals surface area (Å²) in [6, 6.07) is 11.0. The number of anilines is 1. The summed E-state index contributed by atoms with van der Waals surface area (Å²) in [6.07, 6.45) is 0. The summed E-state index contributed by atoms with van der Waals surface area (Å²) < 4.78 is 26.8. The smallest absolute Gasteiger partial charge is 0.308 e. The highest BCUT2D eigenvalue weighted by atomic mass is 32.2. The number of halogens is 2. The Morgan fingerprint density at radius 1 is 1.15 bits per heavy atom. The second-order valence-corrected chi connectivity index (χ2v) is 8.53. The number of nitrogens with zero attached hydrogens (tertiary/aromatic N) is 1. The maximum atomic E-state index is 13.8. The van der Waals surface area contributed by atoms with Crippen LogP contribution >= 0.6 is 11.8 Å². The van der Waals surface area contributed by atoms with E-state index in [2.05, 4.69) is 38.2 Å². The quantitative estimate of drug-likeness (QED) is 0.746. The highest BCUT2D eigenvalue weighted by molar-refractivity contribution is 7.99. The van der Waals surface area contributed by atoms with Gasteiger partial charge in [-0.1, -0.05) is 45.0 Å². The number of amides is 2. The van der Waals surface area contributed by atoms with E-state index in [1.807, 2.05) is 12.1 Å². The third-order valence-corrected chi connectivity index (χ3v) is 5.65. The van der Waals surface area contributed by atoms with Crippen LogP contribution in [0.2, 0.25) is 0 Å². The average Bonchev–Trinajstić information content (AvgIpc) is 3.06. The minimum absolute atomic E-state index is 0.0184. The zero-order valence-corrected chi connectivity index (χ0v) is 15.9. The van der Waals surface area contributed by atoms with Gasteiger partial charge in [0.2, 0.25) is 0 Å². The van der Waals surface area contributed by atoms with Crippen LogP contribution in [0.3, 0.4) is 0 Å². The second kappa shape index (κ2) is 7.27. The van der Waals surface area contributed by atoms with Crippen molar-refractivity contribution < 1.29 is 13.6 Å². The fraction of sp³-hybridized carbons (Fsp3) is 0.350. The van der Waals surface area contributed by atoms with Gasteiger partial charge in [0.1, 0.15) is 17.0 Å². The Morgan fingerprint density at radius 3 is 2.46 bits per heavy atom. The third-order valence-electron chi connectivity index (χ3n) is 4.39. The normalized spacial score (nSPS) is 17.4. The molecule has 0 spiro atoms. The van der Waals surface area contributed by atoms with Crippen LogP contribution in [-0.2, 0) is 5.41 Å². The summed E-state index contributed by atoms with van der Waals surface area (Å²) in [5.74, 6) is -0.643. The Morgan fingerprint density at radius 2 is 1.85 bits per heavy atom. The Balaban J connectivity index is 1.76. The molecular weight excluding hydrogens is 354 g/mol. The predicted molar refractivity (Wildman–Crippen MR) is 102 cm³/mol. The van der Waals surface area contributed by atoms with Crippen molar-refractivity contribution in [2.24, 2.45) is 0 Å². The van der Waals surface area contributed by atoms with Gasteiger partial charge >= 0.3 is 6.03 Å². The molecule has 0 bridgehead atoms. The van der Waals surface area contributed by atoms with Gasteiger partial charge in [-0.25, -0.2) is 13.6 Å². The number of nitrogens with one attached hydrogen (secondary N) is 1. The third kappa shape index (κ3) is 4.01. The molecule has 1 N–H and O–H groups in total. The zero-order valence-electron chi connectivity index (χ0n) is 15.1. The summed E-state index contributed by atoms with van der Waals surface area (Å²) >= 11 is 1.67. The van der Waals surface area contributed by atoms with Gasteiger partial charge in [-0.3, -0.25) is 0 Å². The van der Waals surface area contributed by atoms with Crippen LogP contribution in [0.15, 0.2) is 42.5 Å². The standard InChI is InChI=1S/C20H22F2N2OS/c1-20(2,3)14-6-4-13(5-7-14)18-24(10-11-26-18)19(25)23-17-9-8-15(21)12-16(17)22/h4-9,12,18H,10-11H2,1-3H3,(H,23,25)/t18-/m0/s1. The second-order valence-electron chi connectivity index (χ2n) is 7.34. The average molecular weight is 376 g/mol. The van der Waals surface area contributed by atoms with Crippen molar-refractivity contribution >= 4 is 23.5 Å². The zero-order chi connectivity index (χ0) is 18.9. The van der Waals surface area contributed by atoms with Crippen LogP contribution in [0, 0.1) is 11.6 Å². The van der Waals surface area contributed by atoms with Gasteiger partial charge in [0, 0.05) is 18.4 Å². The van der Waals surface area contributed by atoms with Crippen molar-refractivity contribution in [3.8, 4) is 0 Å². The predicted octanol–water partition coefficient (Wildman–Crippen LogP) is 5.54. The fourth-order valence-electron chi connectivity index (χ4n) is 2.88. The van der Waals surface area contributed by atoms with Gasteiger partial charge in [0.05, 0.1) is 5.69 Å². The van der Waals surface area contributed by atoms with Crippen LogP contribution < -0.4 is 5.32 Å². The summed E-state index contributed by atoms with van der Waals surface area (Å²) in [6.45, 7) is 7.04. The van der Waals surface area contributed by atoms with E-state index in [-0.39, 0.29) is 22.5 Å². The first-order valence-electron chi connectivity index (χ1n) is 8.50. The van der Waals surface area contributed by atoms with E-state index in [0.717, 1.165) is 23.4 Å². The Hall–Kier alpha value is -2.08. The molecular formula is C20H22F2N2OS. The molecule has 2 aromatic carbocycles. The molecule has 0 saturated carbocycles. The minimum atomic E-state index is -0.781. The minimum Gasteiger partial charge on any atom is -0.308 e. The lowest BCUT2D eigenvalue weighted by molar-refractivity contribution is 0.214. The SMILES string of the molecule is CC(C)(C)c1ccc([C@@H]2SCCN2C(=O)Nc2ccc(F)cc2F)cc1. The van der Waals surface area contributed by atoms with Crippen molar-refractivity contribution in [2.75, 3.05) is 17.6 Å². The molecule has 0 aromatic heterocycles. The fourth-order valence-corrected chi connectivity index (χ4v) is 4.14. The summed E-state index contributed by atoms with van der Waals surface area (Å²) in [5, 5.41) is 2.43. The van der Waals surface area contributed by atoms with Crippen molar-refractivity contribution in [1.29, 1.82) is 0 Å². The van der Waals surface area contributed by atoms with Crippen molar-refractivity contribution in [1.82, 2.24) is 4.90 Å². The molecule has 2 aromatic rings. The van der Waals surface area contributed by atoms with Crippen LogP contribution in [-0.4, -0.2) is 23.2 Å². The summed E-state index contributed by atoms with van der Waals surface area (Å²) in [7, 11) is 0. The molecule has 0 radical (unpaired) electrons. The van der Waals surface area contributed by atoms with Crippen molar-refractivity contribution in [3.05, 3.63) is 65.2 Å². The first kappa shape index (κ1) is 18.7. The van der Waals surface area contributed by atoms with E-state index in [1.165, 1.54) is 11.6 Å². The van der Waals surface area contributed by atoms with Crippen molar-refractivity contribution in [3.63, 3.8) is 0 Å². The van der Waals surface area contributed by atoms with Gasteiger partial charge in [-0.2, -0.15) is 0 Å². The van der Waals surface area contributed by atoms with Gasteiger partial charge in [0.15, 0.2) is 0 Å². The largest absolute Gasteiger partial charge is 0.323 e. The molecule has 138 valence electrons. The molecule has 2 amide bonds. The van der Waals surface area contributed by atoms with Gasteiger partial charge in [-0.15, -0.1) is 11.8 Å². The maximum Gasteiger partial charge on any atom is 0.323 e. The topological polar surface area (TPSA) is 32.3 Å². The molecule has 1 atom stereocenters. The molecule has 0 unspecified atom stereocenters. The molecule has 3 nitrogen and oxygen atoms in total. The number of urea groups is 1. The number of benzene rings is 2. The lowest BCUT2D eigenvalue weighted by Crippen LogP contribution is -2.34. The highest BCUT2D eigenvalue weighted by Gasteiger charge is 2.31. The van der Waals surface area contributed by atoms with Gasteiger partial charge in [-0.05, 0) is 28.7 Å². The van der Waals surface area contributed by atoms with Crippen LogP contribution in [0.4, 0.5) is 19.3 Å². The molecule has 1 aliphatic rings. The Bertz CT molecular complexity index is 802. The monoisotopic (exact) mass is 376 g/mol. The number of hydrogen-bond donors (Lipinski definition) is 1. The first-order chi connectivity index (χ1) is 12.3. The molecule has 3 rings (SSSR count). The molecule has 1 saturated heterocycles. The molecule has 1 heterocycles. The van der Waals surface area contributed by atoms with Crippen LogP contribution in [0.25, 0.3) is 0 Å². The number of rotatable bonds is 2. The molecule has 1 fully saturated rings. The lowest BCUT2D eigenvalue weighted by Gasteiger charge is -2.25. The highest BCUT2D eigenvalue weighted by Crippen LogP contribution is 2.39. The van der Waals surface area contributed by atoms with E-state index < -0.39 is 11.6 Å². The van der Waals surface area contributed by atoms with E-state index in [4.69, 9.17) is 0 Å². The summed E-state index contributed by atoms with van der Waals surface area (Å²) in [4.78, 5) is 14.3. The van der Waals surface area contributed by atoms with Crippen molar-refractivity contribution in [2.45, 2.75) is 31.6 Å². The maximum absolute atomic E-state index is 13.8. The molecule has 0 aliphatic carbocycles.